The number of aromatic hydroxyl groups is 1. The highest BCUT2D eigenvalue weighted by atomic mass is 19.4. The largest absolute Gasteiger partial charge is 0.479 e. The molecule has 0 fully saturated rings. The number of hydrogen-bond donors (Lipinski definition) is 2. The van der Waals surface area contributed by atoms with Gasteiger partial charge in [-0.2, -0.15) is 23.1 Å². The highest BCUT2D eigenvalue weighted by Crippen LogP contribution is 2.31. The molecular weight excluding hydrogens is 385 g/mol. The van der Waals surface area contributed by atoms with Crippen molar-refractivity contribution >= 4 is 5.91 Å². The first-order valence-electron chi connectivity index (χ1n) is 8.60. The van der Waals surface area contributed by atoms with E-state index < -0.39 is 17.8 Å². The van der Waals surface area contributed by atoms with Crippen molar-refractivity contribution in [1.82, 2.24) is 20.3 Å². The van der Waals surface area contributed by atoms with Crippen molar-refractivity contribution < 1.29 is 23.1 Å². The fourth-order valence-corrected chi connectivity index (χ4v) is 2.67. The maximum absolute atomic E-state index is 12.8. The molecule has 0 aliphatic rings. The molecule has 150 valence electrons. The molecule has 0 aliphatic carbocycles. The first-order chi connectivity index (χ1) is 13.6. The Balaban J connectivity index is 1.99. The minimum Gasteiger partial charge on any atom is -0.479 e. The lowest BCUT2D eigenvalue weighted by molar-refractivity contribution is -0.137. The summed E-state index contributed by atoms with van der Waals surface area (Å²) in [5.41, 5.74) is 1.75. The minimum atomic E-state index is -4.45. The van der Waals surface area contributed by atoms with Crippen LogP contribution in [0.1, 0.15) is 23.6 Å². The maximum Gasteiger partial charge on any atom is 0.416 e. The molecule has 3 rings (SSSR count). The molecule has 1 amide bonds. The van der Waals surface area contributed by atoms with Crippen LogP contribution in [0.3, 0.4) is 0 Å². The van der Waals surface area contributed by atoms with Gasteiger partial charge in [0.1, 0.15) is 0 Å². The Bertz CT molecular complexity index is 1050. The van der Waals surface area contributed by atoms with Gasteiger partial charge in [-0.3, -0.25) is 4.79 Å². The van der Waals surface area contributed by atoms with Crippen molar-refractivity contribution in [3.05, 3.63) is 59.2 Å². The van der Waals surface area contributed by atoms with E-state index in [9.17, 15) is 23.1 Å². The van der Waals surface area contributed by atoms with Gasteiger partial charge in [0.25, 0.3) is 0 Å². The number of alkyl halides is 3. The molecule has 2 aromatic carbocycles. The summed E-state index contributed by atoms with van der Waals surface area (Å²) in [4.78, 5) is 23.2. The summed E-state index contributed by atoms with van der Waals surface area (Å²) in [5, 5.41) is 12.6. The number of nitrogens with zero attached hydrogens (tertiary/aromatic N) is 3. The van der Waals surface area contributed by atoms with E-state index in [-0.39, 0.29) is 17.6 Å². The van der Waals surface area contributed by atoms with Crippen molar-refractivity contribution in [2.24, 2.45) is 0 Å². The fraction of sp³-hybridized carbons (Fsp3) is 0.200. The van der Waals surface area contributed by atoms with E-state index in [1.54, 1.807) is 6.07 Å². The van der Waals surface area contributed by atoms with E-state index in [4.69, 9.17) is 0 Å². The number of benzene rings is 2. The smallest absolute Gasteiger partial charge is 0.416 e. The zero-order valence-corrected chi connectivity index (χ0v) is 15.6. The van der Waals surface area contributed by atoms with Crippen LogP contribution in [0.2, 0.25) is 0 Å². The third-order valence-electron chi connectivity index (χ3n) is 4.18. The van der Waals surface area contributed by atoms with Crippen LogP contribution in [0, 0.1) is 6.92 Å². The Kier molecular flexibility index (Phi) is 5.49. The van der Waals surface area contributed by atoms with Gasteiger partial charge in [0.2, 0.25) is 5.91 Å². The van der Waals surface area contributed by atoms with Crippen LogP contribution in [-0.2, 0) is 17.5 Å². The molecule has 1 heterocycles. The summed E-state index contributed by atoms with van der Waals surface area (Å²) in [7, 11) is 0. The molecule has 0 spiro atoms. The van der Waals surface area contributed by atoms with Crippen LogP contribution in [0.4, 0.5) is 13.2 Å². The Morgan fingerprint density at radius 1 is 1.03 bits per heavy atom. The molecule has 0 bridgehead atoms. The number of carbonyl (C=O) groups is 1. The van der Waals surface area contributed by atoms with E-state index in [1.807, 2.05) is 19.1 Å². The van der Waals surface area contributed by atoms with Gasteiger partial charge in [0, 0.05) is 24.6 Å². The number of nitrogens with one attached hydrogen (secondary N) is 1. The Hall–Kier alpha value is -3.49. The van der Waals surface area contributed by atoms with E-state index in [0.717, 1.165) is 23.3 Å². The molecule has 0 saturated carbocycles. The molecule has 9 heteroatoms. The summed E-state index contributed by atoms with van der Waals surface area (Å²) < 4.78 is 38.3. The second-order valence-corrected chi connectivity index (χ2v) is 6.42. The van der Waals surface area contributed by atoms with Crippen molar-refractivity contribution in [2.75, 3.05) is 0 Å². The van der Waals surface area contributed by atoms with Crippen molar-refractivity contribution in [3.8, 4) is 28.8 Å². The van der Waals surface area contributed by atoms with Crippen LogP contribution < -0.4 is 5.32 Å². The Morgan fingerprint density at radius 3 is 2.31 bits per heavy atom. The molecule has 0 atom stereocenters. The third-order valence-corrected chi connectivity index (χ3v) is 4.18. The Morgan fingerprint density at radius 2 is 1.69 bits per heavy atom. The number of rotatable bonds is 4. The first kappa shape index (κ1) is 20.2. The highest BCUT2D eigenvalue weighted by molar-refractivity contribution is 5.73. The summed E-state index contributed by atoms with van der Waals surface area (Å²) in [6, 6.07) is 9.22. The average molecular weight is 402 g/mol. The number of carbonyl (C=O) groups excluding carboxylic acids is 1. The summed E-state index contributed by atoms with van der Waals surface area (Å²) in [6.45, 7) is 3.55. The van der Waals surface area contributed by atoms with Crippen LogP contribution in [-0.4, -0.2) is 26.0 Å². The monoisotopic (exact) mass is 402 g/mol. The molecule has 29 heavy (non-hydrogen) atoms. The Labute approximate surface area is 164 Å². The van der Waals surface area contributed by atoms with Crippen LogP contribution >= 0.6 is 0 Å². The van der Waals surface area contributed by atoms with E-state index >= 15 is 0 Å². The van der Waals surface area contributed by atoms with Gasteiger partial charge in [-0.15, -0.1) is 0 Å². The van der Waals surface area contributed by atoms with Gasteiger partial charge >= 0.3 is 12.2 Å². The molecule has 2 N–H and O–H groups in total. The van der Waals surface area contributed by atoms with Gasteiger partial charge in [-0.05, 0) is 36.2 Å². The minimum absolute atomic E-state index is 0.0490. The SMILES string of the molecule is CC(=O)NCc1ccc(C)c(-c2nc(O)nc(-c3ccc(C(F)(F)F)cc3)n2)c1. The maximum atomic E-state index is 12.8. The number of amides is 1. The molecular formula is C20H17F3N4O2. The summed E-state index contributed by atoms with van der Waals surface area (Å²) in [6.07, 6.45) is -4.45. The van der Waals surface area contributed by atoms with E-state index in [0.29, 0.717) is 17.7 Å². The number of aryl methyl sites for hydroxylation is 1. The lowest BCUT2D eigenvalue weighted by atomic mass is 10.0. The number of halogens is 3. The van der Waals surface area contributed by atoms with Crippen LogP contribution in [0.5, 0.6) is 6.01 Å². The summed E-state index contributed by atoms with van der Waals surface area (Å²) in [5.74, 6) is 0.0528. The second-order valence-electron chi connectivity index (χ2n) is 6.42. The molecule has 3 aromatic rings. The molecule has 0 aliphatic heterocycles. The summed E-state index contributed by atoms with van der Waals surface area (Å²) >= 11 is 0. The molecule has 0 unspecified atom stereocenters. The molecule has 0 radical (unpaired) electrons. The topological polar surface area (TPSA) is 88.0 Å². The predicted octanol–water partition coefficient (Wildman–Crippen LogP) is 3.87. The van der Waals surface area contributed by atoms with Crippen molar-refractivity contribution in [2.45, 2.75) is 26.6 Å². The third kappa shape index (κ3) is 4.87. The highest BCUT2D eigenvalue weighted by Gasteiger charge is 2.30. The molecule has 6 nitrogen and oxygen atoms in total. The quantitative estimate of drug-likeness (QED) is 0.692. The molecule has 1 aromatic heterocycles. The van der Waals surface area contributed by atoms with Crippen LogP contribution in [0.15, 0.2) is 42.5 Å². The van der Waals surface area contributed by atoms with Gasteiger partial charge < -0.3 is 10.4 Å². The van der Waals surface area contributed by atoms with Crippen molar-refractivity contribution in [3.63, 3.8) is 0 Å². The standard InChI is InChI=1S/C20H17F3N4O2/c1-11-3-4-13(10-24-12(2)28)9-16(11)18-25-17(26-19(29)27-18)14-5-7-15(8-6-14)20(21,22)23/h3-9H,10H2,1-2H3,(H,24,28)(H,25,26,27,29). The fourth-order valence-electron chi connectivity index (χ4n) is 2.67. The lowest BCUT2D eigenvalue weighted by Crippen LogP contribution is -2.18. The first-order valence-corrected chi connectivity index (χ1v) is 8.60. The number of aromatic nitrogens is 3. The average Bonchev–Trinajstić information content (AvgIpc) is 2.66. The molecule has 0 saturated heterocycles. The van der Waals surface area contributed by atoms with E-state index in [1.165, 1.54) is 19.1 Å². The van der Waals surface area contributed by atoms with Gasteiger partial charge in [-0.1, -0.05) is 24.3 Å². The zero-order valence-electron chi connectivity index (χ0n) is 15.6. The van der Waals surface area contributed by atoms with Crippen molar-refractivity contribution in [1.29, 1.82) is 0 Å². The van der Waals surface area contributed by atoms with Crippen LogP contribution in [0.25, 0.3) is 22.8 Å². The van der Waals surface area contributed by atoms with Gasteiger partial charge in [0.15, 0.2) is 11.6 Å². The normalized spacial score (nSPS) is 11.3. The lowest BCUT2D eigenvalue weighted by Gasteiger charge is -2.10. The second kappa shape index (κ2) is 7.86. The van der Waals surface area contributed by atoms with Gasteiger partial charge in [-0.25, -0.2) is 4.98 Å². The number of hydrogen-bond acceptors (Lipinski definition) is 5. The van der Waals surface area contributed by atoms with Gasteiger partial charge in [0.05, 0.1) is 5.56 Å². The predicted molar refractivity (Wildman–Crippen MR) is 99.6 cm³/mol. The van der Waals surface area contributed by atoms with E-state index in [2.05, 4.69) is 20.3 Å². The zero-order chi connectivity index (χ0) is 21.2.